The van der Waals surface area contributed by atoms with Crippen LogP contribution in [0.4, 0.5) is 4.39 Å². The molecule has 0 nitrogen and oxygen atoms in total. The van der Waals surface area contributed by atoms with E-state index in [-0.39, 0.29) is 5.82 Å². The molecule has 0 N–H and O–H groups in total. The molecule has 0 spiro atoms. The van der Waals surface area contributed by atoms with Crippen LogP contribution in [0.15, 0.2) is 18.2 Å². The molecule has 3 rings (SSSR count). The molecular weight excluding hydrogens is 343 g/mol. The Morgan fingerprint density at radius 2 is 1.57 bits per heavy atom. The van der Waals surface area contributed by atoms with E-state index >= 15 is 0 Å². The summed E-state index contributed by atoms with van der Waals surface area (Å²) in [7, 11) is 0. The molecule has 0 amide bonds. The van der Waals surface area contributed by atoms with Gasteiger partial charge >= 0.3 is 0 Å². The number of halogens is 1. The average Bonchev–Trinajstić information content (AvgIpc) is 2.73. The van der Waals surface area contributed by atoms with Crippen LogP contribution in [0.3, 0.4) is 0 Å². The van der Waals surface area contributed by atoms with Gasteiger partial charge in [0.1, 0.15) is 5.82 Å². The van der Waals surface area contributed by atoms with Crippen molar-refractivity contribution in [3.8, 4) is 11.8 Å². The lowest BCUT2D eigenvalue weighted by Gasteiger charge is -2.37. The predicted molar refractivity (Wildman–Crippen MR) is 118 cm³/mol. The highest BCUT2D eigenvalue weighted by atomic mass is 19.1. The van der Waals surface area contributed by atoms with Crippen molar-refractivity contribution in [1.82, 2.24) is 0 Å². The number of aryl methyl sites for hydroxylation is 1. The van der Waals surface area contributed by atoms with E-state index in [0.29, 0.717) is 5.92 Å². The number of benzene rings is 1. The van der Waals surface area contributed by atoms with Crippen LogP contribution in [0.25, 0.3) is 0 Å². The van der Waals surface area contributed by atoms with E-state index in [1.54, 1.807) is 6.07 Å². The predicted octanol–water partition coefficient (Wildman–Crippen LogP) is 7.93. The second-order valence-electron chi connectivity index (χ2n) is 9.32. The Morgan fingerprint density at radius 3 is 2.18 bits per heavy atom. The number of unbranched alkanes of at least 4 members (excludes halogenated alkanes) is 2. The second kappa shape index (κ2) is 11.0. The van der Waals surface area contributed by atoms with Gasteiger partial charge in [0.15, 0.2) is 0 Å². The van der Waals surface area contributed by atoms with Crippen LogP contribution in [0.5, 0.6) is 0 Å². The maximum absolute atomic E-state index is 13.9. The molecule has 2 saturated carbocycles. The zero-order valence-electron chi connectivity index (χ0n) is 18.1. The third kappa shape index (κ3) is 6.10. The van der Waals surface area contributed by atoms with Crippen molar-refractivity contribution >= 4 is 0 Å². The Balaban J connectivity index is 1.41. The minimum atomic E-state index is -0.108. The molecule has 0 aromatic heterocycles. The summed E-state index contributed by atoms with van der Waals surface area (Å²) in [5.41, 5.74) is 1.62. The average molecular weight is 383 g/mol. The maximum atomic E-state index is 13.9. The molecule has 0 saturated heterocycles. The van der Waals surface area contributed by atoms with Crippen LogP contribution in [0.2, 0.25) is 0 Å². The van der Waals surface area contributed by atoms with E-state index in [4.69, 9.17) is 0 Å². The summed E-state index contributed by atoms with van der Waals surface area (Å²) >= 11 is 0. The molecule has 1 aromatic rings. The second-order valence-corrected chi connectivity index (χ2v) is 9.32. The third-order valence-corrected chi connectivity index (χ3v) is 7.40. The summed E-state index contributed by atoms with van der Waals surface area (Å²) < 4.78 is 13.9. The lowest BCUT2D eigenvalue weighted by molar-refractivity contribution is 0.153. The van der Waals surface area contributed by atoms with Gasteiger partial charge in [0, 0.05) is 11.5 Å². The normalized spacial score (nSPS) is 27.8. The molecule has 0 bridgehead atoms. The molecule has 0 atom stereocenters. The van der Waals surface area contributed by atoms with Crippen LogP contribution < -0.4 is 0 Å². The molecule has 2 aliphatic rings. The first-order chi connectivity index (χ1) is 13.7. The molecule has 0 radical (unpaired) electrons. The Hall–Kier alpha value is -1.29. The Kier molecular flexibility index (Phi) is 8.44. The monoisotopic (exact) mass is 382 g/mol. The molecule has 1 aromatic carbocycles. The molecule has 2 fully saturated rings. The van der Waals surface area contributed by atoms with E-state index in [2.05, 4.69) is 18.8 Å². The van der Waals surface area contributed by atoms with Crippen molar-refractivity contribution in [2.24, 2.45) is 23.7 Å². The maximum Gasteiger partial charge on any atom is 0.127 e. The van der Waals surface area contributed by atoms with Gasteiger partial charge in [0.05, 0.1) is 0 Å². The summed E-state index contributed by atoms with van der Waals surface area (Å²) in [5, 5.41) is 0. The van der Waals surface area contributed by atoms with Gasteiger partial charge in [-0.15, -0.1) is 0 Å². The van der Waals surface area contributed by atoms with E-state index in [1.165, 1.54) is 77.0 Å². The fourth-order valence-corrected chi connectivity index (χ4v) is 5.46. The van der Waals surface area contributed by atoms with E-state index in [9.17, 15) is 4.39 Å². The minimum absolute atomic E-state index is 0.108. The van der Waals surface area contributed by atoms with Crippen LogP contribution in [0.1, 0.15) is 102 Å². The van der Waals surface area contributed by atoms with Crippen LogP contribution in [-0.4, -0.2) is 0 Å². The van der Waals surface area contributed by atoms with Crippen molar-refractivity contribution in [2.45, 2.75) is 97.3 Å². The van der Waals surface area contributed by atoms with Crippen molar-refractivity contribution in [3.63, 3.8) is 0 Å². The zero-order chi connectivity index (χ0) is 19.8. The Labute approximate surface area is 172 Å². The standard InChI is InChI=1S/C27H39F/c1-3-5-6-7-21-10-16-25(17-11-21)26-18-12-22(13-19-26)8-9-23-14-15-24(4-2)27(28)20-23/h14-15,20-22,25-26H,3-7,10-13,16-19H2,1-2H3/t21-,22?,25-,26?. The number of hydrogen-bond acceptors (Lipinski definition) is 0. The summed E-state index contributed by atoms with van der Waals surface area (Å²) in [4.78, 5) is 0. The van der Waals surface area contributed by atoms with Gasteiger partial charge in [-0.05, 0) is 80.4 Å². The van der Waals surface area contributed by atoms with Crippen LogP contribution >= 0.6 is 0 Å². The van der Waals surface area contributed by atoms with Gasteiger partial charge in [-0.1, -0.05) is 70.3 Å². The lowest BCUT2D eigenvalue weighted by atomic mass is 9.69. The lowest BCUT2D eigenvalue weighted by Crippen LogP contribution is -2.25. The minimum Gasteiger partial charge on any atom is -0.207 e. The first kappa shape index (κ1) is 21.4. The molecule has 154 valence electrons. The van der Waals surface area contributed by atoms with Gasteiger partial charge in [0.2, 0.25) is 0 Å². The van der Waals surface area contributed by atoms with Crippen LogP contribution in [0, 0.1) is 41.3 Å². The van der Waals surface area contributed by atoms with Crippen molar-refractivity contribution in [2.75, 3.05) is 0 Å². The third-order valence-electron chi connectivity index (χ3n) is 7.40. The summed E-state index contributed by atoms with van der Waals surface area (Å²) in [6.07, 6.45) is 17.5. The number of rotatable bonds is 6. The fourth-order valence-electron chi connectivity index (χ4n) is 5.46. The van der Waals surface area contributed by atoms with Crippen LogP contribution in [-0.2, 0) is 6.42 Å². The van der Waals surface area contributed by atoms with Gasteiger partial charge in [-0.25, -0.2) is 4.39 Å². The van der Waals surface area contributed by atoms with Crippen molar-refractivity contribution in [1.29, 1.82) is 0 Å². The largest absolute Gasteiger partial charge is 0.207 e. The SMILES string of the molecule is CCCCC[C@H]1CC[C@H](C2CCC(C#Cc3ccc(CC)c(F)c3)CC2)CC1. The van der Waals surface area contributed by atoms with Gasteiger partial charge in [-0.3, -0.25) is 0 Å². The summed E-state index contributed by atoms with van der Waals surface area (Å²) in [6.45, 7) is 4.29. The highest BCUT2D eigenvalue weighted by molar-refractivity contribution is 5.37. The number of hydrogen-bond donors (Lipinski definition) is 0. The first-order valence-corrected chi connectivity index (χ1v) is 12.0. The smallest absolute Gasteiger partial charge is 0.127 e. The molecule has 0 heterocycles. The van der Waals surface area contributed by atoms with Crippen molar-refractivity contribution in [3.05, 3.63) is 35.1 Å². The fraction of sp³-hybridized carbons (Fsp3) is 0.704. The molecule has 2 aliphatic carbocycles. The van der Waals surface area contributed by atoms with E-state index < -0.39 is 0 Å². The molecular formula is C27H39F. The summed E-state index contributed by atoms with van der Waals surface area (Å²) in [5.74, 6) is 10.0. The van der Waals surface area contributed by atoms with Crippen molar-refractivity contribution < 1.29 is 4.39 Å². The molecule has 1 heteroatoms. The topological polar surface area (TPSA) is 0 Å². The van der Waals surface area contributed by atoms with E-state index in [0.717, 1.165) is 35.3 Å². The van der Waals surface area contributed by atoms with Gasteiger partial charge < -0.3 is 0 Å². The first-order valence-electron chi connectivity index (χ1n) is 12.0. The quantitative estimate of drug-likeness (QED) is 0.346. The molecule has 0 aliphatic heterocycles. The molecule has 0 unspecified atom stereocenters. The van der Waals surface area contributed by atoms with E-state index in [1.807, 2.05) is 19.1 Å². The van der Waals surface area contributed by atoms with Gasteiger partial charge in [0.25, 0.3) is 0 Å². The Morgan fingerprint density at radius 1 is 0.893 bits per heavy atom. The van der Waals surface area contributed by atoms with Gasteiger partial charge in [-0.2, -0.15) is 0 Å². The molecule has 28 heavy (non-hydrogen) atoms. The summed E-state index contributed by atoms with van der Waals surface area (Å²) in [6, 6.07) is 5.46. The Bertz CT molecular complexity index is 649. The zero-order valence-corrected chi connectivity index (χ0v) is 18.1. The highest BCUT2D eigenvalue weighted by Crippen LogP contribution is 2.42. The highest BCUT2D eigenvalue weighted by Gasteiger charge is 2.30.